The molecule has 1 unspecified atom stereocenters. The molecule has 1 atom stereocenters. The van der Waals surface area contributed by atoms with Crippen molar-refractivity contribution < 1.29 is 9.63 Å². The van der Waals surface area contributed by atoms with Gasteiger partial charge in [0.2, 0.25) is 6.10 Å². The third-order valence-electron chi connectivity index (χ3n) is 4.81. The van der Waals surface area contributed by atoms with Crippen molar-refractivity contribution in [3.63, 3.8) is 0 Å². The van der Waals surface area contributed by atoms with E-state index < -0.39 is 6.10 Å². The van der Waals surface area contributed by atoms with Gasteiger partial charge in [0.25, 0.3) is 5.91 Å². The predicted molar refractivity (Wildman–Crippen MR) is 105 cm³/mol. The van der Waals surface area contributed by atoms with Gasteiger partial charge in [0.15, 0.2) is 0 Å². The molecule has 134 valence electrons. The highest BCUT2D eigenvalue weighted by atomic mass is 79.9. The van der Waals surface area contributed by atoms with Crippen molar-refractivity contribution in [3.05, 3.63) is 64.6 Å². The van der Waals surface area contributed by atoms with Crippen LogP contribution >= 0.6 is 15.9 Å². The van der Waals surface area contributed by atoms with Crippen molar-refractivity contribution in [2.45, 2.75) is 12.5 Å². The number of oxime groups is 1. The molecule has 26 heavy (non-hydrogen) atoms. The Morgan fingerprint density at radius 3 is 2.54 bits per heavy atom. The Morgan fingerprint density at radius 1 is 1.04 bits per heavy atom. The molecule has 0 aromatic heterocycles. The highest BCUT2D eigenvalue weighted by molar-refractivity contribution is 9.10. The van der Waals surface area contributed by atoms with Crippen LogP contribution in [0.1, 0.15) is 12.0 Å². The standard InChI is InChI=1S/C20H20BrN3O2/c21-16-6-4-5-15(13-16)18-14-19(26-22-18)20(25)24-11-9-23(10-12-24)17-7-2-1-3-8-17/h1-8,13,19H,9-12,14H2. The number of piperazine rings is 1. The molecule has 0 radical (unpaired) electrons. The third-order valence-corrected chi connectivity index (χ3v) is 5.31. The van der Waals surface area contributed by atoms with Crippen LogP contribution in [0.5, 0.6) is 0 Å². The van der Waals surface area contributed by atoms with E-state index in [0.717, 1.165) is 28.8 Å². The van der Waals surface area contributed by atoms with E-state index in [-0.39, 0.29) is 5.91 Å². The fourth-order valence-corrected chi connectivity index (χ4v) is 3.78. The molecular weight excluding hydrogens is 394 g/mol. The Bertz CT molecular complexity index is 817. The average Bonchev–Trinajstić information content (AvgIpc) is 3.18. The van der Waals surface area contributed by atoms with Crippen molar-refractivity contribution in [1.82, 2.24) is 4.90 Å². The largest absolute Gasteiger partial charge is 0.382 e. The molecule has 1 fully saturated rings. The molecule has 5 nitrogen and oxygen atoms in total. The Hall–Kier alpha value is -2.34. The van der Waals surface area contributed by atoms with Crippen LogP contribution in [0, 0.1) is 0 Å². The Kier molecular flexibility index (Phi) is 4.93. The molecule has 2 aliphatic heterocycles. The van der Waals surface area contributed by atoms with E-state index in [1.807, 2.05) is 47.4 Å². The lowest BCUT2D eigenvalue weighted by Gasteiger charge is -2.36. The third kappa shape index (κ3) is 3.60. The lowest BCUT2D eigenvalue weighted by molar-refractivity contribution is -0.142. The monoisotopic (exact) mass is 413 g/mol. The smallest absolute Gasteiger partial charge is 0.267 e. The summed E-state index contributed by atoms with van der Waals surface area (Å²) in [6.45, 7) is 3.09. The van der Waals surface area contributed by atoms with E-state index in [2.05, 4.69) is 38.1 Å². The van der Waals surface area contributed by atoms with Crippen LogP contribution in [-0.4, -0.2) is 48.8 Å². The van der Waals surface area contributed by atoms with Gasteiger partial charge >= 0.3 is 0 Å². The molecular formula is C20H20BrN3O2. The molecule has 2 aromatic carbocycles. The zero-order valence-corrected chi connectivity index (χ0v) is 15.9. The first-order chi connectivity index (χ1) is 12.7. The van der Waals surface area contributed by atoms with E-state index in [9.17, 15) is 4.79 Å². The minimum absolute atomic E-state index is 0.0338. The van der Waals surface area contributed by atoms with E-state index in [0.29, 0.717) is 19.5 Å². The maximum atomic E-state index is 12.8. The highest BCUT2D eigenvalue weighted by Gasteiger charge is 2.33. The Labute approximate surface area is 161 Å². The van der Waals surface area contributed by atoms with Crippen molar-refractivity contribution in [2.24, 2.45) is 5.16 Å². The number of carbonyl (C=O) groups excluding carboxylic acids is 1. The lowest BCUT2D eigenvalue weighted by Crippen LogP contribution is -2.51. The number of halogens is 1. The molecule has 2 heterocycles. The SMILES string of the molecule is O=C(C1CC(c2cccc(Br)c2)=NO1)N1CCN(c2ccccc2)CC1. The normalized spacial score (nSPS) is 19.9. The second-order valence-electron chi connectivity index (χ2n) is 6.49. The molecule has 4 rings (SSSR count). The van der Waals surface area contributed by atoms with Crippen LogP contribution in [0.25, 0.3) is 0 Å². The number of hydrogen-bond acceptors (Lipinski definition) is 4. The van der Waals surface area contributed by atoms with Gasteiger partial charge in [0.05, 0.1) is 5.71 Å². The summed E-state index contributed by atoms with van der Waals surface area (Å²) in [5.41, 5.74) is 3.02. The predicted octanol–water partition coefficient (Wildman–Crippen LogP) is 3.29. The van der Waals surface area contributed by atoms with Crippen LogP contribution in [0.4, 0.5) is 5.69 Å². The van der Waals surface area contributed by atoms with Crippen LogP contribution in [0.2, 0.25) is 0 Å². The van der Waals surface area contributed by atoms with Gasteiger partial charge in [-0.1, -0.05) is 51.4 Å². The zero-order chi connectivity index (χ0) is 17.9. The molecule has 6 heteroatoms. The van der Waals surface area contributed by atoms with E-state index in [4.69, 9.17) is 4.84 Å². The van der Waals surface area contributed by atoms with Gasteiger partial charge in [-0.05, 0) is 24.3 Å². The minimum Gasteiger partial charge on any atom is -0.382 e. The van der Waals surface area contributed by atoms with Crippen LogP contribution in [-0.2, 0) is 9.63 Å². The van der Waals surface area contributed by atoms with Crippen molar-refractivity contribution in [1.29, 1.82) is 0 Å². The molecule has 0 N–H and O–H groups in total. The summed E-state index contributed by atoms with van der Waals surface area (Å²) in [6, 6.07) is 18.2. The van der Waals surface area contributed by atoms with Gasteiger partial charge in [-0.15, -0.1) is 0 Å². The van der Waals surface area contributed by atoms with Gasteiger partial charge < -0.3 is 14.6 Å². The summed E-state index contributed by atoms with van der Waals surface area (Å²) >= 11 is 3.47. The van der Waals surface area contributed by atoms with E-state index in [1.165, 1.54) is 5.69 Å². The van der Waals surface area contributed by atoms with Crippen LogP contribution in [0.3, 0.4) is 0 Å². The fourth-order valence-electron chi connectivity index (χ4n) is 3.38. The highest BCUT2D eigenvalue weighted by Crippen LogP contribution is 2.22. The topological polar surface area (TPSA) is 45.1 Å². The number of nitrogens with zero attached hydrogens (tertiary/aromatic N) is 3. The first-order valence-electron chi connectivity index (χ1n) is 8.78. The average molecular weight is 414 g/mol. The molecule has 1 saturated heterocycles. The van der Waals surface area contributed by atoms with Gasteiger partial charge in [0.1, 0.15) is 0 Å². The number of anilines is 1. The number of amides is 1. The second kappa shape index (κ2) is 7.50. The van der Waals surface area contributed by atoms with Crippen molar-refractivity contribution >= 4 is 33.2 Å². The maximum absolute atomic E-state index is 12.8. The minimum atomic E-state index is -0.507. The summed E-state index contributed by atoms with van der Waals surface area (Å²) < 4.78 is 0.990. The molecule has 2 aromatic rings. The molecule has 2 aliphatic rings. The number of carbonyl (C=O) groups is 1. The maximum Gasteiger partial charge on any atom is 0.267 e. The van der Waals surface area contributed by atoms with E-state index in [1.54, 1.807) is 0 Å². The number of benzene rings is 2. The first-order valence-corrected chi connectivity index (χ1v) is 9.57. The lowest BCUT2D eigenvalue weighted by atomic mass is 10.0. The second-order valence-corrected chi connectivity index (χ2v) is 7.41. The summed E-state index contributed by atoms with van der Waals surface area (Å²) in [4.78, 5) is 22.4. The fraction of sp³-hybridized carbons (Fsp3) is 0.300. The van der Waals surface area contributed by atoms with E-state index >= 15 is 0 Å². The molecule has 0 saturated carbocycles. The van der Waals surface area contributed by atoms with Crippen LogP contribution < -0.4 is 4.90 Å². The number of hydrogen-bond donors (Lipinski definition) is 0. The summed E-state index contributed by atoms with van der Waals surface area (Å²) in [7, 11) is 0. The van der Waals surface area contributed by atoms with Crippen molar-refractivity contribution in [2.75, 3.05) is 31.1 Å². The van der Waals surface area contributed by atoms with Gasteiger partial charge in [-0.3, -0.25) is 4.79 Å². The van der Waals surface area contributed by atoms with Gasteiger partial charge in [0, 0.05) is 48.3 Å². The summed E-state index contributed by atoms with van der Waals surface area (Å²) in [6.07, 6.45) is 0.0148. The number of para-hydroxylation sites is 1. The molecule has 0 bridgehead atoms. The van der Waals surface area contributed by atoms with Crippen molar-refractivity contribution in [3.8, 4) is 0 Å². The summed E-state index contributed by atoms with van der Waals surface area (Å²) in [5.74, 6) is 0.0338. The molecule has 0 aliphatic carbocycles. The van der Waals surface area contributed by atoms with Gasteiger partial charge in [-0.2, -0.15) is 0 Å². The Morgan fingerprint density at radius 2 is 1.81 bits per heavy atom. The van der Waals surface area contributed by atoms with Gasteiger partial charge in [-0.25, -0.2) is 0 Å². The van der Waals surface area contributed by atoms with Crippen LogP contribution in [0.15, 0.2) is 64.2 Å². The summed E-state index contributed by atoms with van der Waals surface area (Å²) in [5, 5.41) is 4.14. The molecule has 0 spiro atoms. The molecule has 1 amide bonds. The quantitative estimate of drug-likeness (QED) is 0.775. The zero-order valence-electron chi connectivity index (χ0n) is 14.3. The first kappa shape index (κ1) is 17.1. The Balaban J connectivity index is 1.34. The number of rotatable bonds is 3.